The molecule has 0 bridgehead atoms. The number of halogens is 2. The predicted octanol–water partition coefficient (Wildman–Crippen LogP) is 20.5. The maximum Gasteiger partial charge on any atom is 0.299 e. The summed E-state index contributed by atoms with van der Waals surface area (Å²) in [7, 11) is 0. The second-order valence-corrected chi connectivity index (χ2v) is 24.6. The number of nitrogens with one attached hydrogen (secondary N) is 1. The average molecular weight is 1410 g/mol. The predicted molar refractivity (Wildman–Crippen MR) is 403 cm³/mol. The highest BCUT2D eigenvalue weighted by molar-refractivity contribution is 9.11. The fraction of sp³-hybridized carbons (Fsp3) is 0.0120. The molecule has 0 atom stereocenters. The maximum absolute atomic E-state index is 9.82. The van der Waals surface area contributed by atoms with Crippen molar-refractivity contribution in [3.05, 3.63) is 326 Å². The van der Waals surface area contributed by atoms with Crippen molar-refractivity contribution in [3.63, 3.8) is 0 Å². The van der Waals surface area contributed by atoms with Crippen molar-refractivity contribution in [3.8, 4) is 84.4 Å². The second kappa shape index (κ2) is 28.4. The summed E-state index contributed by atoms with van der Waals surface area (Å²) in [4.78, 5) is 53.3. The second-order valence-electron chi connectivity index (χ2n) is 23.0. The molecule has 0 spiro atoms. The van der Waals surface area contributed by atoms with E-state index in [0.29, 0.717) is 12.4 Å². The SMILES string of the molecule is Brc1cccc(Br)n1.Cc1cccc(OC=O)n1.c1ccc(-c2ccccc2-c2ccc3[nH]c4ccncc4c3c2)nc1.c1ccc(-c2ccccc2-c2ccc3c(c2)c2cnccc2n3-c2cncc(-n3c4ccncc4c4cc(-c5ccccc5-c5ccccn5)ccc43)c2)nc1. The Morgan fingerprint density at radius 1 is 0.354 bits per heavy atom. The largest absolute Gasteiger partial charge is 0.410 e. The Balaban J connectivity index is 0.000000150. The van der Waals surface area contributed by atoms with Crippen LogP contribution < -0.4 is 4.74 Å². The van der Waals surface area contributed by atoms with Gasteiger partial charge < -0.3 is 18.9 Å². The Kier molecular flexibility index (Phi) is 18.0. The van der Waals surface area contributed by atoms with E-state index in [-0.39, 0.29) is 0 Å². The van der Waals surface area contributed by atoms with Crippen LogP contribution in [0.1, 0.15) is 5.69 Å². The van der Waals surface area contributed by atoms with Crippen molar-refractivity contribution in [2.75, 3.05) is 0 Å². The minimum atomic E-state index is 0.343. The van der Waals surface area contributed by atoms with Gasteiger partial charge in [0.1, 0.15) is 9.21 Å². The molecule has 18 aromatic rings. The highest BCUT2D eigenvalue weighted by Gasteiger charge is 2.20. The molecule has 474 valence electrons. The van der Waals surface area contributed by atoms with Crippen LogP contribution in [0.2, 0.25) is 0 Å². The van der Waals surface area contributed by atoms with Crippen LogP contribution in [0.4, 0.5) is 0 Å². The first-order chi connectivity index (χ1) is 48.8. The third kappa shape index (κ3) is 13.1. The number of carbonyl (C=O) groups is 1. The number of rotatable bonds is 10. The molecule has 0 radical (unpaired) electrons. The summed E-state index contributed by atoms with van der Waals surface area (Å²) in [6.45, 7) is 2.19. The number of ether oxygens (including phenoxy) is 1. The van der Waals surface area contributed by atoms with Crippen molar-refractivity contribution in [1.82, 2.24) is 59.0 Å². The van der Waals surface area contributed by atoms with E-state index in [1.807, 2.05) is 148 Å². The lowest BCUT2D eigenvalue weighted by molar-refractivity contribution is -0.120. The number of nitrogens with zero attached hydrogens (tertiary/aromatic N) is 11. The molecule has 12 aromatic heterocycles. The first-order valence-electron chi connectivity index (χ1n) is 31.7. The smallest absolute Gasteiger partial charge is 0.299 e. The third-order valence-corrected chi connectivity index (χ3v) is 17.9. The van der Waals surface area contributed by atoms with E-state index in [2.05, 4.69) is 248 Å². The van der Waals surface area contributed by atoms with E-state index in [0.717, 1.165) is 142 Å². The van der Waals surface area contributed by atoms with Crippen LogP contribution in [0.15, 0.2) is 320 Å². The van der Waals surface area contributed by atoms with Crippen LogP contribution in [-0.4, -0.2) is 65.4 Å². The summed E-state index contributed by atoms with van der Waals surface area (Å²) in [5.74, 6) is 0.343. The molecule has 16 heteroatoms. The Labute approximate surface area is 585 Å². The topological polar surface area (TPSA) is 168 Å². The number of pyridine rings is 9. The normalized spacial score (nSPS) is 11.0. The molecule has 99 heavy (non-hydrogen) atoms. The fourth-order valence-corrected chi connectivity index (χ4v) is 13.6. The van der Waals surface area contributed by atoms with Gasteiger partial charge in [0.15, 0.2) is 0 Å². The molecule has 18 rings (SSSR count). The van der Waals surface area contributed by atoms with E-state index < -0.39 is 0 Å². The number of benzene rings is 6. The molecule has 0 saturated carbocycles. The minimum Gasteiger partial charge on any atom is -0.410 e. The van der Waals surface area contributed by atoms with E-state index >= 15 is 0 Å². The lowest BCUT2D eigenvalue weighted by Gasteiger charge is -2.13. The average Bonchev–Trinajstić information content (AvgIpc) is 1.60. The summed E-state index contributed by atoms with van der Waals surface area (Å²) >= 11 is 6.44. The van der Waals surface area contributed by atoms with Gasteiger partial charge in [0.25, 0.3) is 6.47 Å². The van der Waals surface area contributed by atoms with Gasteiger partial charge in [0.05, 0.1) is 62.9 Å². The molecule has 0 saturated heterocycles. The first kappa shape index (κ1) is 62.6. The first-order valence-corrected chi connectivity index (χ1v) is 33.3. The van der Waals surface area contributed by atoms with Gasteiger partial charge in [-0.05, 0) is 187 Å². The monoisotopic (exact) mass is 1410 g/mol. The molecule has 1 N–H and O–H groups in total. The molecular weight excluding hydrogens is 1360 g/mol. The lowest BCUT2D eigenvalue weighted by Crippen LogP contribution is -2.00. The number of fused-ring (bicyclic) bond motifs is 9. The Bertz CT molecular complexity index is 5710. The fourth-order valence-electron chi connectivity index (χ4n) is 12.6. The quantitative estimate of drug-likeness (QED) is 0.102. The van der Waals surface area contributed by atoms with Gasteiger partial charge in [-0.25, -0.2) is 9.97 Å². The minimum absolute atomic E-state index is 0.343. The molecule has 12 heterocycles. The number of hydrogen-bond donors (Lipinski definition) is 1. The van der Waals surface area contributed by atoms with Gasteiger partial charge in [-0.15, -0.1) is 0 Å². The number of H-pyrrole nitrogens is 1. The van der Waals surface area contributed by atoms with E-state index in [1.165, 1.54) is 16.5 Å². The molecule has 6 aromatic carbocycles. The molecular formula is C83H56Br2N12O2. The van der Waals surface area contributed by atoms with Gasteiger partial charge in [-0.1, -0.05) is 121 Å². The van der Waals surface area contributed by atoms with Gasteiger partial charge in [-0.3, -0.25) is 39.7 Å². The molecule has 14 nitrogen and oxygen atoms in total. The Morgan fingerprint density at radius 3 is 1.23 bits per heavy atom. The van der Waals surface area contributed by atoms with Crippen LogP contribution in [0.25, 0.3) is 144 Å². The van der Waals surface area contributed by atoms with Crippen LogP contribution >= 0.6 is 31.9 Å². The summed E-state index contributed by atoms with van der Waals surface area (Å²) in [5.41, 5.74) is 22.3. The molecule has 0 amide bonds. The molecule has 0 unspecified atom stereocenters. The van der Waals surface area contributed by atoms with Gasteiger partial charge in [-0.2, -0.15) is 0 Å². The van der Waals surface area contributed by atoms with Crippen molar-refractivity contribution in [1.29, 1.82) is 0 Å². The Morgan fingerprint density at radius 2 is 0.778 bits per heavy atom. The maximum atomic E-state index is 9.82. The third-order valence-electron chi connectivity index (χ3n) is 17.0. The van der Waals surface area contributed by atoms with Crippen molar-refractivity contribution in [2.45, 2.75) is 6.92 Å². The highest BCUT2D eigenvalue weighted by atomic mass is 79.9. The number of aromatic amines is 1. The van der Waals surface area contributed by atoms with E-state index in [9.17, 15) is 4.79 Å². The Hall–Kier alpha value is -12.5. The zero-order valence-electron chi connectivity index (χ0n) is 53.0. The van der Waals surface area contributed by atoms with Crippen LogP contribution in [0.5, 0.6) is 5.88 Å². The van der Waals surface area contributed by atoms with Crippen molar-refractivity contribution < 1.29 is 9.53 Å². The van der Waals surface area contributed by atoms with Crippen LogP contribution in [-0.2, 0) is 4.79 Å². The summed E-state index contributed by atoms with van der Waals surface area (Å²) in [6.07, 6.45) is 20.8. The molecule has 0 aliphatic carbocycles. The zero-order chi connectivity index (χ0) is 67.0. The van der Waals surface area contributed by atoms with Gasteiger partial charge in [0.2, 0.25) is 5.88 Å². The molecule has 0 aliphatic heterocycles. The number of hydrogen-bond acceptors (Lipinski definition) is 11. The van der Waals surface area contributed by atoms with Gasteiger partial charge in [0, 0.05) is 128 Å². The van der Waals surface area contributed by atoms with Crippen LogP contribution in [0, 0.1) is 6.92 Å². The van der Waals surface area contributed by atoms with Gasteiger partial charge >= 0.3 is 0 Å². The number of aryl methyl sites for hydroxylation is 1. The summed E-state index contributed by atoms with van der Waals surface area (Å²) in [5, 5.41) is 6.73. The van der Waals surface area contributed by atoms with Crippen molar-refractivity contribution in [2.24, 2.45) is 0 Å². The number of aromatic nitrogens is 12. The number of carbonyl (C=O) groups excluding carboxylic acids is 1. The van der Waals surface area contributed by atoms with Crippen LogP contribution in [0.3, 0.4) is 0 Å². The standard InChI is InChI=1S/C49H31N7.C22H15N3.C7H7NO2.C5H3Br2N/c1-3-11-38(44-13-5-7-21-53-44)36(9-1)32-15-17-46-40(25-32)42-30-50-23-19-48(42)55(46)34-27-35(29-52-28-34)56-47-18-16-33(26-41(47)43-31-51-24-20-49(43)56)37-10-2-4-12-39(37)45-14-6-8-22-54-45;1-2-6-17(20-7-3-4-11-24-20)16(5-1)15-8-9-21-18(13-15)19-14-23-12-10-22(19)25-21;1-6-3-2-4-7(8-6)10-5-9;6-4-2-1-3-5(7)8-4/h1-31H;1-14,25H;2-5H,1H3;1-3H. The highest BCUT2D eigenvalue weighted by Crippen LogP contribution is 2.41. The zero-order valence-corrected chi connectivity index (χ0v) is 56.2. The van der Waals surface area contributed by atoms with E-state index in [4.69, 9.17) is 4.98 Å². The molecule has 0 aliphatic rings. The van der Waals surface area contributed by atoms with Crippen molar-refractivity contribution >= 4 is 104 Å². The van der Waals surface area contributed by atoms with E-state index in [1.54, 1.807) is 12.1 Å². The molecule has 0 fully saturated rings. The summed E-state index contributed by atoms with van der Waals surface area (Å²) in [6, 6.07) is 82.6. The lowest BCUT2D eigenvalue weighted by atomic mass is 9.96. The summed E-state index contributed by atoms with van der Waals surface area (Å²) < 4.78 is 10.8.